The van der Waals surface area contributed by atoms with E-state index in [1.54, 1.807) is 0 Å². The van der Waals surface area contributed by atoms with E-state index in [9.17, 15) is 4.79 Å². The Morgan fingerprint density at radius 3 is 2.47 bits per heavy atom. The van der Waals surface area contributed by atoms with E-state index < -0.39 is 0 Å². The first-order valence-corrected chi connectivity index (χ1v) is 6.19. The Morgan fingerprint density at radius 1 is 1.27 bits per heavy atom. The van der Waals surface area contributed by atoms with E-state index in [0.717, 1.165) is 45.2 Å². The summed E-state index contributed by atoms with van der Waals surface area (Å²) in [4.78, 5) is 14.4. The third-order valence-corrected chi connectivity index (χ3v) is 4.16. The molecule has 0 radical (unpaired) electrons. The molecular formula is C12H22N2O. The monoisotopic (exact) mass is 210 g/mol. The Bertz CT molecular complexity index is 248. The van der Waals surface area contributed by atoms with Gasteiger partial charge >= 0.3 is 0 Å². The lowest BCUT2D eigenvalue weighted by atomic mass is 9.83. The number of likely N-dealkylation sites (tertiary alicyclic amines) is 1. The molecule has 2 N–H and O–H groups in total. The van der Waals surface area contributed by atoms with Gasteiger partial charge in [0.2, 0.25) is 5.91 Å². The molecule has 2 fully saturated rings. The van der Waals surface area contributed by atoms with Crippen LogP contribution in [-0.2, 0) is 4.79 Å². The largest absolute Gasteiger partial charge is 0.342 e. The molecule has 1 saturated heterocycles. The van der Waals surface area contributed by atoms with Gasteiger partial charge in [0.25, 0.3) is 0 Å². The van der Waals surface area contributed by atoms with Gasteiger partial charge in [-0.25, -0.2) is 0 Å². The van der Waals surface area contributed by atoms with Crippen LogP contribution in [-0.4, -0.2) is 29.9 Å². The lowest BCUT2D eigenvalue weighted by molar-refractivity contribution is -0.142. The summed E-state index contributed by atoms with van der Waals surface area (Å²) < 4.78 is 0. The molecule has 1 aliphatic heterocycles. The van der Waals surface area contributed by atoms with E-state index in [-0.39, 0.29) is 11.5 Å². The van der Waals surface area contributed by atoms with Crippen LogP contribution in [0, 0.1) is 5.41 Å². The third kappa shape index (κ3) is 1.89. The molecule has 2 aliphatic rings. The molecular weight excluding hydrogens is 188 g/mol. The lowest BCUT2D eigenvalue weighted by Gasteiger charge is -2.36. The van der Waals surface area contributed by atoms with Gasteiger partial charge in [-0.3, -0.25) is 4.79 Å². The Hall–Kier alpha value is -0.570. The Labute approximate surface area is 92.0 Å². The van der Waals surface area contributed by atoms with Crippen LogP contribution in [0.1, 0.15) is 45.4 Å². The zero-order chi connectivity index (χ0) is 10.9. The topological polar surface area (TPSA) is 46.3 Å². The summed E-state index contributed by atoms with van der Waals surface area (Å²) in [7, 11) is 0. The van der Waals surface area contributed by atoms with Crippen molar-refractivity contribution in [3.63, 3.8) is 0 Å². The number of hydrogen-bond acceptors (Lipinski definition) is 2. The third-order valence-electron chi connectivity index (χ3n) is 4.16. The molecule has 0 aromatic rings. The fourth-order valence-electron chi connectivity index (χ4n) is 2.92. The van der Waals surface area contributed by atoms with Crippen molar-refractivity contribution in [3.8, 4) is 0 Å². The van der Waals surface area contributed by atoms with Crippen molar-refractivity contribution >= 4 is 5.91 Å². The number of carbonyl (C=O) groups excluding carboxylic acids is 1. The van der Waals surface area contributed by atoms with Crippen LogP contribution < -0.4 is 5.73 Å². The van der Waals surface area contributed by atoms with Crippen LogP contribution in [0.2, 0.25) is 0 Å². The van der Waals surface area contributed by atoms with Gasteiger partial charge in [-0.05, 0) is 39.0 Å². The first kappa shape index (κ1) is 10.9. The zero-order valence-electron chi connectivity index (χ0n) is 9.67. The lowest BCUT2D eigenvalue weighted by Crippen LogP contribution is -2.50. The maximum absolute atomic E-state index is 12.4. The maximum Gasteiger partial charge on any atom is 0.230 e. The Balaban J connectivity index is 2.05. The van der Waals surface area contributed by atoms with Gasteiger partial charge in [0.1, 0.15) is 0 Å². The molecule has 1 aliphatic carbocycles. The van der Waals surface area contributed by atoms with E-state index in [2.05, 4.69) is 6.92 Å². The highest BCUT2D eigenvalue weighted by atomic mass is 16.2. The second kappa shape index (κ2) is 4.12. The maximum atomic E-state index is 12.4. The van der Waals surface area contributed by atoms with Crippen molar-refractivity contribution in [2.24, 2.45) is 11.1 Å². The molecule has 1 amide bonds. The highest BCUT2D eigenvalue weighted by Gasteiger charge is 2.45. The van der Waals surface area contributed by atoms with Gasteiger partial charge in [-0.1, -0.05) is 6.42 Å². The molecule has 2 atom stereocenters. The van der Waals surface area contributed by atoms with Crippen LogP contribution >= 0.6 is 0 Å². The smallest absolute Gasteiger partial charge is 0.230 e. The number of hydrogen-bond donors (Lipinski definition) is 1. The van der Waals surface area contributed by atoms with Crippen LogP contribution in [0.3, 0.4) is 0 Å². The Morgan fingerprint density at radius 2 is 1.93 bits per heavy atom. The van der Waals surface area contributed by atoms with Gasteiger partial charge in [0.15, 0.2) is 0 Å². The molecule has 2 unspecified atom stereocenters. The van der Waals surface area contributed by atoms with Crippen molar-refractivity contribution < 1.29 is 4.79 Å². The summed E-state index contributed by atoms with van der Waals surface area (Å²) in [6, 6.07) is 0.0759. The molecule has 0 spiro atoms. The van der Waals surface area contributed by atoms with E-state index in [4.69, 9.17) is 5.73 Å². The molecule has 0 bridgehead atoms. The van der Waals surface area contributed by atoms with Gasteiger partial charge in [-0.15, -0.1) is 0 Å². The highest BCUT2D eigenvalue weighted by molar-refractivity contribution is 5.83. The summed E-state index contributed by atoms with van der Waals surface area (Å²) in [5.74, 6) is 0.312. The van der Waals surface area contributed by atoms with Crippen LogP contribution in [0.4, 0.5) is 0 Å². The number of piperidine rings is 1. The quantitative estimate of drug-likeness (QED) is 0.713. The molecule has 2 rings (SSSR count). The minimum atomic E-state index is -0.267. The van der Waals surface area contributed by atoms with Gasteiger partial charge < -0.3 is 10.6 Å². The molecule has 0 aromatic carbocycles. The molecule has 3 heteroatoms. The summed E-state index contributed by atoms with van der Waals surface area (Å²) in [6.45, 7) is 3.95. The number of rotatable bonds is 1. The molecule has 0 aromatic heterocycles. The van der Waals surface area contributed by atoms with E-state index in [1.165, 1.54) is 6.42 Å². The van der Waals surface area contributed by atoms with Crippen LogP contribution in [0.15, 0.2) is 0 Å². The fraction of sp³-hybridized carbons (Fsp3) is 0.917. The summed E-state index contributed by atoms with van der Waals surface area (Å²) >= 11 is 0. The second-order valence-electron chi connectivity index (χ2n) is 5.27. The number of amides is 1. The van der Waals surface area contributed by atoms with Gasteiger partial charge in [0, 0.05) is 19.1 Å². The highest BCUT2D eigenvalue weighted by Crippen LogP contribution is 2.38. The number of nitrogens with zero attached hydrogens (tertiary/aromatic N) is 1. The molecule has 1 saturated carbocycles. The van der Waals surface area contributed by atoms with Gasteiger partial charge in [-0.2, -0.15) is 0 Å². The standard InChI is InChI=1S/C12H22N2O/c1-12(7-5-6-10(12)13)11(15)14-8-3-2-4-9-14/h10H,2-9,13H2,1H3. The zero-order valence-corrected chi connectivity index (χ0v) is 9.67. The summed E-state index contributed by atoms with van der Waals surface area (Å²) in [5.41, 5.74) is 5.81. The summed E-state index contributed by atoms with van der Waals surface area (Å²) in [5, 5.41) is 0. The minimum Gasteiger partial charge on any atom is -0.342 e. The molecule has 1 heterocycles. The predicted octanol–water partition coefficient (Wildman–Crippen LogP) is 1.52. The Kier molecular flexibility index (Phi) is 3.01. The normalized spacial score (nSPS) is 36.9. The predicted molar refractivity (Wildman–Crippen MR) is 60.4 cm³/mol. The van der Waals surface area contributed by atoms with E-state index in [0.29, 0.717) is 5.91 Å². The average Bonchev–Trinajstić information content (AvgIpc) is 2.61. The van der Waals surface area contributed by atoms with Crippen LogP contribution in [0.25, 0.3) is 0 Å². The first-order chi connectivity index (χ1) is 7.14. The molecule has 3 nitrogen and oxygen atoms in total. The number of nitrogens with two attached hydrogens (primary N) is 1. The molecule has 86 valence electrons. The van der Waals surface area contributed by atoms with Crippen molar-refractivity contribution in [2.45, 2.75) is 51.5 Å². The van der Waals surface area contributed by atoms with E-state index >= 15 is 0 Å². The van der Waals surface area contributed by atoms with Crippen molar-refractivity contribution in [2.75, 3.05) is 13.1 Å². The summed E-state index contributed by atoms with van der Waals surface area (Å²) in [6.07, 6.45) is 6.69. The van der Waals surface area contributed by atoms with Crippen molar-refractivity contribution in [3.05, 3.63) is 0 Å². The van der Waals surface area contributed by atoms with Gasteiger partial charge in [0.05, 0.1) is 5.41 Å². The SMILES string of the molecule is CC1(C(=O)N2CCCCC2)CCCC1N. The van der Waals surface area contributed by atoms with Crippen molar-refractivity contribution in [1.82, 2.24) is 4.90 Å². The average molecular weight is 210 g/mol. The van der Waals surface area contributed by atoms with Crippen molar-refractivity contribution in [1.29, 1.82) is 0 Å². The second-order valence-corrected chi connectivity index (χ2v) is 5.27. The minimum absolute atomic E-state index is 0.0759. The number of carbonyl (C=O) groups is 1. The fourth-order valence-corrected chi connectivity index (χ4v) is 2.92. The first-order valence-electron chi connectivity index (χ1n) is 6.19. The van der Waals surface area contributed by atoms with E-state index in [1.807, 2.05) is 4.90 Å². The van der Waals surface area contributed by atoms with Crippen LogP contribution in [0.5, 0.6) is 0 Å². The molecule has 15 heavy (non-hydrogen) atoms.